The minimum atomic E-state index is -0.443. The van der Waals surface area contributed by atoms with Gasteiger partial charge in [0.25, 0.3) is 0 Å². The van der Waals surface area contributed by atoms with Crippen LogP contribution in [0.2, 0.25) is 0 Å². The second-order valence-electron chi connectivity index (χ2n) is 4.26. The number of aliphatic hydroxyl groups is 1. The summed E-state index contributed by atoms with van der Waals surface area (Å²) in [6.07, 6.45) is 1.34. The van der Waals surface area contributed by atoms with Crippen LogP contribution in [0.15, 0.2) is 22.7 Å². The largest absolute Gasteiger partial charge is 0.441 e. The fourth-order valence-corrected chi connectivity index (χ4v) is 2.06. The summed E-state index contributed by atoms with van der Waals surface area (Å²) in [4.78, 5) is 4.37. The van der Waals surface area contributed by atoms with Gasteiger partial charge in [-0.2, -0.15) is 5.10 Å². The third-order valence-electron chi connectivity index (χ3n) is 2.70. The van der Waals surface area contributed by atoms with Gasteiger partial charge in [0.2, 0.25) is 0 Å². The van der Waals surface area contributed by atoms with Crippen molar-refractivity contribution in [1.29, 1.82) is 0 Å². The average Bonchev–Trinajstić information content (AvgIpc) is 2.79. The normalized spacial score (nSPS) is 13.6. The summed E-state index contributed by atoms with van der Waals surface area (Å²) in [6, 6.07) is 3.85. The Labute approximate surface area is 97.7 Å². The van der Waals surface area contributed by atoms with Gasteiger partial charge in [-0.25, -0.2) is 4.98 Å². The molecule has 0 spiro atoms. The molecule has 0 radical (unpaired) electrons. The molecule has 0 fully saturated rings. The van der Waals surface area contributed by atoms with Crippen LogP contribution in [0.25, 0.3) is 22.0 Å². The summed E-state index contributed by atoms with van der Waals surface area (Å²) >= 11 is 0. The van der Waals surface area contributed by atoms with E-state index in [0.29, 0.717) is 12.4 Å². The highest BCUT2D eigenvalue weighted by molar-refractivity contribution is 6.00. The molecule has 0 bridgehead atoms. The van der Waals surface area contributed by atoms with Crippen LogP contribution >= 0.6 is 0 Å². The van der Waals surface area contributed by atoms with Gasteiger partial charge in [-0.3, -0.25) is 4.68 Å². The van der Waals surface area contributed by atoms with Gasteiger partial charge >= 0.3 is 0 Å². The van der Waals surface area contributed by atoms with Crippen LogP contribution < -0.4 is 0 Å². The molecule has 5 heteroatoms. The zero-order chi connectivity index (χ0) is 12.0. The molecule has 0 saturated carbocycles. The summed E-state index contributed by atoms with van der Waals surface area (Å²) < 4.78 is 7.26. The number of nitrogens with zero attached hydrogens (tertiary/aromatic N) is 3. The highest BCUT2D eigenvalue weighted by Crippen LogP contribution is 2.25. The number of rotatable bonds is 2. The standard InChI is InChI=1S/C12H13N3O2/c1-7(16)6-15-12-9(5-13-15)3-4-10-11(12)14-8(2)17-10/h3-5,7,16H,6H2,1-2H3/t7-/m1/s1. The molecule has 0 unspecified atom stereocenters. The molecule has 1 atom stereocenters. The number of aryl methyl sites for hydroxylation is 1. The molecule has 0 aliphatic carbocycles. The molecule has 0 aliphatic heterocycles. The summed E-state index contributed by atoms with van der Waals surface area (Å²) in [5.74, 6) is 0.636. The zero-order valence-corrected chi connectivity index (χ0v) is 9.71. The molecule has 0 amide bonds. The lowest BCUT2D eigenvalue weighted by Crippen LogP contribution is -2.12. The molecule has 3 aromatic rings. The first-order valence-electron chi connectivity index (χ1n) is 5.55. The first kappa shape index (κ1) is 10.3. The van der Waals surface area contributed by atoms with Gasteiger partial charge in [-0.1, -0.05) is 0 Å². The Balaban J connectivity index is 2.33. The number of hydrogen-bond acceptors (Lipinski definition) is 4. The molecule has 1 aromatic carbocycles. The van der Waals surface area contributed by atoms with E-state index in [1.54, 1.807) is 17.8 Å². The van der Waals surface area contributed by atoms with Gasteiger partial charge in [0.1, 0.15) is 5.52 Å². The Hall–Kier alpha value is -1.88. The van der Waals surface area contributed by atoms with Crippen LogP contribution in [-0.4, -0.2) is 26.0 Å². The van der Waals surface area contributed by atoms with E-state index in [9.17, 15) is 5.11 Å². The summed E-state index contributed by atoms with van der Waals surface area (Å²) in [5.41, 5.74) is 2.47. The highest BCUT2D eigenvalue weighted by atomic mass is 16.3. The summed E-state index contributed by atoms with van der Waals surface area (Å²) in [7, 11) is 0. The molecule has 1 N–H and O–H groups in total. The van der Waals surface area contributed by atoms with Gasteiger partial charge < -0.3 is 9.52 Å². The van der Waals surface area contributed by atoms with Crippen molar-refractivity contribution in [3.05, 3.63) is 24.2 Å². The monoisotopic (exact) mass is 231 g/mol. The van der Waals surface area contributed by atoms with Crippen LogP contribution in [0.4, 0.5) is 0 Å². The lowest BCUT2D eigenvalue weighted by molar-refractivity contribution is 0.170. The number of fused-ring (bicyclic) bond motifs is 3. The predicted octanol–water partition coefficient (Wildman–Crippen LogP) is 1.87. The maximum atomic E-state index is 9.46. The summed E-state index contributed by atoms with van der Waals surface area (Å²) in [5, 5.41) is 14.7. The van der Waals surface area contributed by atoms with Crippen molar-refractivity contribution >= 4 is 22.0 Å². The molecular weight excluding hydrogens is 218 g/mol. The van der Waals surface area contributed by atoms with Crippen LogP contribution in [0.3, 0.4) is 0 Å². The number of hydrogen-bond donors (Lipinski definition) is 1. The van der Waals surface area contributed by atoms with Crippen LogP contribution in [0.5, 0.6) is 0 Å². The van der Waals surface area contributed by atoms with Crippen molar-refractivity contribution in [2.24, 2.45) is 0 Å². The first-order valence-corrected chi connectivity index (χ1v) is 5.55. The van der Waals surface area contributed by atoms with Crippen molar-refractivity contribution in [3.8, 4) is 0 Å². The zero-order valence-electron chi connectivity index (χ0n) is 9.71. The molecule has 5 nitrogen and oxygen atoms in total. The number of aliphatic hydroxyl groups excluding tert-OH is 1. The molecule has 3 rings (SSSR count). The van der Waals surface area contributed by atoms with E-state index in [0.717, 1.165) is 22.0 Å². The van der Waals surface area contributed by atoms with Crippen LogP contribution in [-0.2, 0) is 6.54 Å². The Morgan fingerprint density at radius 2 is 2.29 bits per heavy atom. The maximum absolute atomic E-state index is 9.46. The molecular formula is C12H13N3O2. The Morgan fingerprint density at radius 3 is 3.06 bits per heavy atom. The fraction of sp³-hybridized carbons (Fsp3) is 0.333. The van der Waals surface area contributed by atoms with Crippen molar-refractivity contribution in [3.63, 3.8) is 0 Å². The van der Waals surface area contributed by atoms with Crippen molar-refractivity contribution in [1.82, 2.24) is 14.8 Å². The van der Waals surface area contributed by atoms with E-state index in [4.69, 9.17) is 4.42 Å². The van der Waals surface area contributed by atoms with E-state index >= 15 is 0 Å². The van der Waals surface area contributed by atoms with E-state index in [1.807, 2.05) is 19.1 Å². The Kier molecular flexibility index (Phi) is 2.16. The minimum Gasteiger partial charge on any atom is -0.441 e. The second-order valence-corrected chi connectivity index (χ2v) is 4.26. The second kappa shape index (κ2) is 3.56. The van der Waals surface area contributed by atoms with E-state index in [2.05, 4.69) is 10.1 Å². The van der Waals surface area contributed by atoms with Crippen LogP contribution in [0.1, 0.15) is 12.8 Å². The minimum absolute atomic E-state index is 0.443. The molecule has 17 heavy (non-hydrogen) atoms. The van der Waals surface area contributed by atoms with E-state index in [-0.39, 0.29) is 0 Å². The Morgan fingerprint density at radius 1 is 1.47 bits per heavy atom. The predicted molar refractivity (Wildman–Crippen MR) is 63.7 cm³/mol. The third kappa shape index (κ3) is 1.59. The number of benzene rings is 1. The lowest BCUT2D eigenvalue weighted by Gasteiger charge is -2.05. The summed E-state index contributed by atoms with van der Waals surface area (Å²) in [6.45, 7) is 4.01. The average molecular weight is 231 g/mol. The molecule has 2 heterocycles. The fourth-order valence-electron chi connectivity index (χ4n) is 2.06. The smallest absolute Gasteiger partial charge is 0.192 e. The quantitative estimate of drug-likeness (QED) is 0.731. The number of oxazole rings is 1. The maximum Gasteiger partial charge on any atom is 0.192 e. The van der Waals surface area contributed by atoms with Gasteiger partial charge in [0.15, 0.2) is 11.5 Å². The van der Waals surface area contributed by atoms with Crippen molar-refractivity contribution in [2.75, 3.05) is 0 Å². The van der Waals surface area contributed by atoms with Gasteiger partial charge in [-0.05, 0) is 19.1 Å². The van der Waals surface area contributed by atoms with Crippen molar-refractivity contribution < 1.29 is 9.52 Å². The molecule has 2 aromatic heterocycles. The third-order valence-corrected chi connectivity index (χ3v) is 2.70. The highest BCUT2D eigenvalue weighted by Gasteiger charge is 2.12. The lowest BCUT2D eigenvalue weighted by atomic mass is 10.2. The molecule has 0 aliphatic rings. The van der Waals surface area contributed by atoms with Crippen molar-refractivity contribution in [2.45, 2.75) is 26.5 Å². The van der Waals surface area contributed by atoms with Crippen LogP contribution in [0, 0.1) is 6.92 Å². The van der Waals surface area contributed by atoms with Gasteiger partial charge in [0, 0.05) is 12.3 Å². The Bertz CT molecular complexity index is 681. The topological polar surface area (TPSA) is 64.1 Å². The first-order chi connectivity index (χ1) is 8.15. The van der Waals surface area contributed by atoms with Gasteiger partial charge in [-0.15, -0.1) is 0 Å². The van der Waals surface area contributed by atoms with E-state index in [1.165, 1.54) is 0 Å². The van der Waals surface area contributed by atoms with E-state index < -0.39 is 6.10 Å². The SMILES string of the molecule is Cc1nc2c(ccc3cnn(C[C@@H](C)O)c32)o1. The van der Waals surface area contributed by atoms with Gasteiger partial charge in [0.05, 0.1) is 24.4 Å². The number of aromatic nitrogens is 3. The molecule has 0 saturated heterocycles. The molecule has 88 valence electrons.